The highest BCUT2D eigenvalue weighted by Gasteiger charge is 2.20. The number of ketones is 1. The van der Waals surface area contributed by atoms with E-state index in [9.17, 15) is 4.79 Å². The molecular formula is C17H14N4OS. The molecule has 6 heteroatoms. The predicted molar refractivity (Wildman–Crippen MR) is 90.8 cm³/mol. The van der Waals surface area contributed by atoms with Gasteiger partial charge >= 0.3 is 0 Å². The molecule has 0 radical (unpaired) electrons. The van der Waals surface area contributed by atoms with Crippen LogP contribution in [0.2, 0.25) is 0 Å². The Morgan fingerprint density at radius 1 is 1.22 bits per heavy atom. The first-order valence-corrected chi connectivity index (χ1v) is 8.20. The third kappa shape index (κ3) is 2.51. The van der Waals surface area contributed by atoms with Crippen molar-refractivity contribution in [1.82, 2.24) is 15.0 Å². The lowest BCUT2D eigenvalue weighted by Crippen LogP contribution is -2.19. The van der Waals surface area contributed by atoms with Gasteiger partial charge in [-0.2, -0.15) is 0 Å². The van der Waals surface area contributed by atoms with Crippen LogP contribution in [0, 0.1) is 6.92 Å². The van der Waals surface area contributed by atoms with Crippen LogP contribution in [0.3, 0.4) is 0 Å². The number of anilines is 1. The highest BCUT2D eigenvalue weighted by molar-refractivity contribution is 7.18. The van der Waals surface area contributed by atoms with Gasteiger partial charge in [-0.05, 0) is 31.2 Å². The van der Waals surface area contributed by atoms with Crippen LogP contribution in [0.5, 0.6) is 0 Å². The van der Waals surface area contributed by atoms with Crippen molar-refractivity contribution >= 4 is 22.8 Å². The largest absolute Gasteiger partial charge is 0.383 e. The zero-order valence-electron chi connectivity index (χ0n) is 12.5. The smallest absolute Gasteiger partial charge is 0.185 e. The van der Waals surface area contributed by atoms with Crippen LogP contribution in [0.25, 0.3) is 21.1 Å². The molecule has 0 amide bonds. The Morgan fingerprint density at radius 3 is 2.96 bits per heavy atom. The molecule has 0 aliphatic carbocycles. The molecule has 1 aliphatic heterocycles. The van der Waals surface area contributed by atoms with Gasteiger partial charge in [-0.25, -0.2) is 9.97 Å². The van der Waals surface area contributed by atoms with Gasteiger partial charge in [0.1, 0.15) is 10.7 Å². The molecule has 4 heterocycles. The van der Waals surface area contributed by atoms with Crippen molar-refractivity contribution in [3.8, 4) is 21.1 Å². The maximum absolute atomic E-state index is 12.1. The van der Waals surface area contributed by atoms with Gasteiger partial charge in [-0.15, -0.1) is 11.3 Å². The second kappa shape index (κ2) is 5.55. The minimum absolute atomic E-state index is 0.0928. The topological polar surface area (TPSA) is 67.8 Å². The zero-order valence-corrected chi connectivity index (χ0v) is 13.4. The molecule has 114 valence electrons. The van der Waals surface area contributed by atoms with E-state index >= 15 is 0 Å². The minimum Gasteiger partial charge on any atom is -0.383 e. The summed E-state index contributed by atoms with van der Waals surface area (Å²) in [7, 11) is 0. The van der Waals surface area contributed by atoms with E-state index in [1.54, 1.807) is 23.7 Å². The van der Waals surface area contributed by atoms with Crippen LogP contribution in [-0.2, 0) is 0 Å². The number of aromatic nitrogens is 3. The van der Waals surface area contributed by atoms with E-state index in [-0.39, 0.29) is 5.78 Å². The van der Waals surface area contributed by atoms with Crippen molar-refractivity contribution in [3.63, 3.8) is 0 Å². The molecular weight excluding hydrogens is 308 g/mol. The predicted octanol–water partition coefficient (Wildman–Crippen LogP) is 3.57. The van der Waals surface area contributed by atoms with Gasteiger partial charge < -0.3 is 5.32 Å². The fraction of sp³-hybridized carbons (Fsp3) is 0.176. The van der Waals surface area contributed by atoms with Crippen LogP contribution < -0.4 is 5.32 Å². The summed E-state index contributed by atoms with van der Waals surface area (Å²) in [5, 5.41) is 4.13. The third-order valence-corrected chi connectivity index (χ3v) is 4.99. The number of carbonyl (C=O) groups is 1. The quantitative estimate of drug-likeness (QED) is 0.781. The fourth-order valence-electron chi connectivity index (χ4n) is 2.62. The Kier molecular flexibility index (Phi) is 3.38. The van der Waals surface area contributed by atoms with Crippen molar-refractivity contribution < 1.29 is 4.79 Å². The van der Waals surface area contributed by atoms with Crippen LogP contribution in [-0.4, -0.2) is 27.3 Å². The summed E-state index contributed by atoms with van der Waals surface area (Å²) in [5.41, 5.74) is 4.05. The van der Waals surface area contributed by atoms with Crippen molar-refractivity contribution in [2.45, 2.75) is 13.3 Å². The number of nitrogens with zero attached hydrogens (tertiary/aromatic N) is 3. The van der Waals surface area contributed by atoms with Crippen molar-refractivity contribution in [2.75, 3.05) is 11.9 Å². The van der Waals surface area contributed by atoms with Gasteiger partial charge in [0.15, 0.2) is 5.78 Å². The van der Waals surface area contributed by atoms with Gasteiger partial charge in [-0.3, -0.25) is 9.78 Å². The van der Waals surface area contributed by atoms with Crippen LogP contribution in [0.1, 0.15) is 22.6 Å². The minimum atomic E-state index is 0.0928. The molecule has 0 spiro atoms. The number of hydrogen-bond donors (Lipinski definition) is 1. The Morgan fingerprint density at radius 2 is 2.13 bits per heavy atom. The summed E-state index contributed by atoms with van der Waals surface area (Å²) < 4.78 is 0. The van der Waals surface area contributed by atoms with Gasteiger partial charge in [0, 0.05) is 30.9 Å². The summed E-state index contributed by atoms with van der Waals surface area (Å²) >= 11 is 1.57. The van der Waals surface area contributed by atoms with Crippen LogP contribution in [0.4, 0.5) is 5.69 Å². The Hall–Kier alpha value is -2.60. The van der Waals surface area contributed by atoms with Gasteiger partial charge in [0.25, 0.3) is 0 Å². The second-order valence-corrected chi connectivity index (χ2v) is 6.37. The summed E-state index contributed by atoms with van der Waals surface area (Å²) in [6, 6.07) is 7.76. The number of thiazole rings is 1. The lowest BCUT2D eigenvalue weighted by molar-refractivity contribution is 0.0979. The standard InChI is InChI=1S/C17H14N4OS/c1-10-16(23-17(20-10)11-3-2-7-18-9-11)13-5-4-12-15(21-13)14(22)6-8-19-12/h2-5,7,9,19H,6,8H2,1H3. The lowest BCUT2D eigenvalue weighted by atomic mass is 10.1. The van der Waals surface area contributed by atoms with E-state index in [2.05, 4.69) is 20.3 Å². The molecule has 3 aromatic heterocycles. The monoisotopic (exact) mass is 322 g/mol. The Labute approximate surface area is 137 Å². The molecule has 0 saturated carbocycles. The molecule has 0 atom stereocenters. The molecule has 3 aromatic rings. The first-order chi connectivity index (χ1) is 11.2. The molecule has 0 bridgehead atoms. The van der Waals surface area contributed by atoms with Gasteiger partial charge in [-0.1, -0.05) is 0 Å². The first kappa shape index (κ1) is 14.0. The molecule has 4 rings (SSSR count). The SMILES string of the molecule is Cc1nc(-c2cccnc2)sc1-c1ccc2c(n1)C(=O)CCN2. The average molecular weight is 322 g/mol. The number of hydrogen-bond acceptors (Lipinski definition) is 6. The van der Waals surface area contributed by atoms with Crippen LogP contribution >= 0.6 is 11.3 Å². The normalized spacial score (nSPS) is 13.5. The molecule has 5 nitrogen and oxygen atoms in total. The Bertz CT molecular complexity index is 889. The van der Waals surface area contributed by atoms with E-state index in [1.165, 1.54) is 0 Å². The summed E-state index contributed by atoms with van der Waals surface area (Å²) in [6.45, 7) is 2.64. The zero-order chi connectivity index (χ0) is 15.8. The number of rotatable bonds is 2. The summed E-state index contributed by atoms with van der Waals surface area (Å²) in [6.07, 6.45) is 4.04. The van der Waals surface area contributed by atoms with Gasteiger partial charge in [0.2, 0.25) is 0 Å². The molecule has 0 fully saturated rings. The van der Waals surface area contributed by atoms with Crippen molar-refractivity contribution in [1.29, 1.82) is 0 Å². The van der Waals surface area contributed by atoms with Crippen LogP contribution in [0.15, 0.2) is 36.7 Å². The first-order valence-electron chi connectivity index (χ1n) is 7.39. The fourth-order valence-corrected chi connectivity index (χ4v) is 3.64. The number of pyridine rings is 2. The number of Topliss-reactive ketones (excluding diaryl/α,β-unsaturated/α-hetero) is 1. The molecule has 0 saturated heterocycles. The highest BCUT2D eigenvalue weighted by Crippen LogP contribution is 2.35. The Balaban J connectivity index is 1.78. The second-order valence-electron chi connectivity index (χ2n) is 5.37. The van der Waals surface area contributed by atoms with Crippen molar-refractivity contribution in [2.24, 2.45) is 0 Å². The van der Waals surface area contributed by atoms with E-state index in [4.69, 9.17) is 0 Å². The summed E-state index contributed by atoms with van der Waals surface area (Å²) in [4.78, 5) is 26.4. The number of carbonyl (C=O) groups excluding carboxylic acids is 1. The third-order valence-electron chi connectivity index (χ3n) is 3.76. The number of aryl methyl sites for hydroxylation is 1. The van der Waals surface area contributed by atoms with E-state index in [0.717, 1.165) is 32.5 Å². The molecule has 1 N–H and O–H groups in total. The average Bonchev–Trinajstić information content (AvgIpc) is 2.98. The maximum atomic E-state index is 12.1. The molecule has 0 aromatic carbocycles. The highest BCUT2D eigenvalue weighted by atomic mass is 32.1. The van der Waals surface area contributed by atoms with E-state index in [0.29, 0.717) is 18.7 Å². The van der Waals surface area contributed by atoms with E-state index < -0.39 is 0 Å². The lowest BCUT2D eigenvalue weighted by Gasteiger charge is -2.16. The van der Waals surface area contributed by atoms with Crippen molar-refractivity contribution in [3.05, 3.63) is 48.0 Å². The number of nitrogens with one attached hydrogen (secondary N) is 1. The molecule has 23 heavy (non-hydrogen) atoms. The molecule has 1 aliphatic rings. The molecule has 0 unspecified atom stereocenters. The number of fused-ring (bicyclic) bond motifs is 1. The van der Waals surface area contributed by atoms with Gasteiger partial charge in [0.05, 0.1) is 22.0 Å². The van der Waals surface area contributed by atoms with E-state index in [1.807, 2.05) is 31.2 Å². The maximum Gasteiger partial charge on any atom is 0.185 e. The summed E-state index contributed by atoms with van der Waals surface area (Å²) in [5.74, 6) is 0.0928.